The second kappa shape index (κ2) is 6.11. The molecule has 24 heavy (non-hydrogen) atoms. The quantitative estimate of drug-likeness (QED) is 0.569. The molecule has 0 fully saturated rings. The van der Waals surface area contributed by atoms with Crippen molar-refractivity contribution in [2.75, 3.05) is 5.32 Å². The van der Waals surface area contributed by atoms with Crippen LogP contribution in [0.2, 0.25) is 10.0 Å². The normalized spacial score (nSPS) is 10.9. The number of para-hydroxylation sites is 1. The van der Waals surface area contributed by atoms with Crippen LogP contribution in [0.1, 0.15) is 0 Å². The first kappa shape index (κ1) is 14.9. The van der Waals surface area contributed by atoms with Gasteiger partial charge in [0.05, 0.1) is 10.0 Å². The van der Waals surface area contributed by atoms with Gasteiger partial charge >= 0.3 is 0 Å². The van der Waals surface area contributed by atoms with Crippen LogP contribution in [0.5, 0.6) is 0 Å². The van der Waals surface area contributed by atoms with E-state index < -0.39 is 0 Å². The molecular weight excluding hydrogens is 345 g/mol. The molecule has 2 aromatic heterocycles. The Morgan fingerprint density at radius 1 is 0.875 bits per heavy atom. The second-order valence-corrected chi connectivity index (χ2v) is 5.91. The zero-order chi connectivity index (χ0) is 16.5. The summed E-state index contributed by atoms with van der Waals surface area (Å²) < 4.78 is 1.91. The lowest BCUT2D eigenvalue weighted by Gasteiger charge is -2.07. The fraction of sp³-hybridized carbons (Fsp3) is 0. The fourth-order valence-electron chi connectivity index (χ4n) is 2.41. The van der Waals surface area contributed by atoms with Gasteiger partial charge in [0.15, 0.2) is 17.0 Å². The summed E-state index contributed by atoms with van der Waals surface area (Å²) >= 11 is 12.0. The molecule has 0 saturated heterocycles. The molecule has 0 aliphatic rings. The van der Waals surface area contributed by atoms with E-state index in [-0.39, 0.29) is 0 Å². The molecule has 118 valence electrons. The largest absolute Gasteiger partial charge is 0.338 e. The lowest BCUT2D eigenvalue weighted by molar-refractivity contribution is 1.06. The molecule has 0 unspecified atom stereocenters. The van der Waals surface area contributed by atoms with Crippen molar-refractivity contribution in [1.29, 1.82) is 0 Å². The standard InChI is InChI=1S/C17H11Cl2N5/c18-13-7-6-11(8-14(13)19)23-16-15-17(21-9-20-16)24(10-22-15)12-4-2-1-3-5-12/h1-10H,(H,20,21,23). The van der Waals surface area contributed by atoms with Crippen LogP contribution in [0.25, 0.3) is 16.9 Å². The van der Waals surface area contributed by atoms with Gasteiger partial charge in [0.2, 0.25) is 0 Å². The molecule has 4 aromatic rings. The summed E-state index contributed by atoms with van der Waals surface area (Å²) in [7, 11) is 0. The van der Waals surface area contributed by atoms with Gasteiger partial charge in [-0.2, -0.15) is 0 Å². The Morgan fingerprint density at radius 3 is 2.50 bits per heavy atom. The molecule has 5 nitrogen and oxygen atoms in total. The lowest BCUT2D eigenvalue weighted by Crippen LogP contribution is -1.98. The van der Waals surface area contributed by atoms with Gasteiger partial charge in [-0.3, -0.25) is 4.57 Å². The van der Waals surface area contributed by atoms with E-state index in [9.17, 15) is 0 Å². The highest BCUT2D eigenvalue weighted by Gasteiger charge is 2.11. The summed E-state index contributed by atoms with van der Waals surface area (Å²) in [5, 5.41) is 4.19. The second-order valence-electron chi connectivity index (χ2n) is 5.10. The van der Waals surface area contributed by atoms with Gasteiger partial charge in [-0.05, 0) is 30.3 Å². The zero-order valence-electron chi connectivity index (χ0n) is 12.3. The average Bonchev–Trinajstić information content (AvgIpc) is 3.04. The number of aromatic nitrogens is 4. The number of nitrogens with zero attached hydrogens (tertiary/aromatic N) is 4. The fourth-order valence-corrected chi connectivity index (χ4v) is 2.71. The predicted octanol–water partition coefficient (Wildman–Crippen LogP) is 4.87. The third kappa shape index (κ3) is 2.68. The van der Waals surface area contributed by atoms with Crippen LogP contribution < -0.4 is 5.32 Å². The van der Waals surface area contributed by atoms with Crippen LogP contribution >= 0.6 is 23.2 Å². The van der Waals surface area contributed by atoms with Crippen molar-refractivity contribution < 1.29 is 0 Å². The van der Waals surface area contributed by atoms with Crippen LogP contribution in [0.4, 0.5) is 11.5 Å². The molecule has 0 bridgehead atoms. The van der Waals surface area contributed by atoms with E-state index in [1.165, 1.54) is 6.33 Å². The van der Waals surface area contributed by atoms with Crippen molar-refractivity contribution in [3.05, 3.63) is 71.2 Å². The maximum absolute atomic E-state index is 6.06. The number of benzene rings is 2. The number of fused-ring (bicyclic) bond motifs is 1. The summed E-state index contributed by atoms with van der Waals surface area (Å²) in [6, 6.07) is 15.2. The molecule has 2 heterocycles. The van der Waals surface area contributed by atoms with Crippen molar-refractivity contribution >= 4 is 45.9 Å². The minimum absolute atomic E-state index is 0.474. The van der Waals surface area contributed by atoms with Crippen molar-refractivity contribution in [1.82, 2.24) is 19.5 Å². The molecule has 0 aliphatic carbocycles. The number of hydrogen-bond donors (Lipinski definition) is 1. The van der Waals surface area contributed by atoms with Gasteiger partial charge in [-0.15, -0.1) is 0 Å². The highest BCUT2D eigenvalue weighted by molar-refractivity contribution is 6.42. The molecule has 0 amide bonds. The maximum Gasteiger partial charge on any atom is 0.170 e. The molecule has 0 radical (unpaired) electrons. The third-order valence-electron chi connectivity index (χ3n) is 3.55. The van der Waals surface area contributed by atoms with Gasteiger partial charge in [-0.1, -0.05) is 41.4 Å². The number of imidazole rings is 1. The molecule has 0 saturated carbocycles. The molecule has 2 aromatic carbocycles. The summed E-state index contributed by atoms with van der Waals surface area (Å²) in [5.74, 6) is 0.605. The van der Waals surface area contributed by atoms with E-state index in [0.29, 0.717) is 21.4 Å². The number of anilines is 2. The van der Waals surface area contributed by atoms with Gasteiger partial charge in [-0.25, -0.2) is 15.0 Å². The lowest BCUT2D eigenvalue weighted by atomic mass is 10.3. The zero-order valence-corrected chi connectivity index (χ0v) is 13.8. The topological polar surface area (TPSA) is 55.6 Å². The predicted molar refractivity (Wildman–Crippen MR) is 96.4 cm³/mol. The Balaban J connectivity index is 1.77. The van der Waals surface area contributed by atoms with E-state index >= 15 is 0 Å². The summed E-state index contributed by atoms with van der Waals surface area (Å²) in [6.07, 6.45) is 3.23. The molecule has 1 N–H and O–H groups in total. The van der Waals surface area contributed by atoms with Crippen molar-refractivity contribution in [2.24, 2.45) is 0 Å². The Kier molecular flexibility index (Phi) is 3.80. The van der Waals surface area contributed by atoms with Gasteiger partial charge in [0, 0.05) is 11.4 Å². The van der Waals surface area contributed by atoms with Crippen molar-refractivity contribution in [2.45, 2.75) is 0 Å². The average molecular weight is 356 g/mol. The molecule has 7 heteroatoms. The number of nitrogens with one attached hydrogen (secondary N) is 1. The minimum Gasteiger partial charge on any atom is -0.338 e. The van der Waals surface area contributed by atoms with Crippen LogP contribution in [0.3, 0.4) is 0 Å². The summed E-state index contributed by atoms with van der Waals surface area (Å²) in [5.41, 5.74) is 3.16. The van der Waals surface area contributed by atoms with Crippen molar-refractivity contribution in [3.63, 3.8) is 0 Å². The van der Waals surface area contributed by atoms with Gasteiger partial charge in [0.25, 0.3) is 0 Å². The molecule has 0 spiro atoms. The Hall–Kier alpha value is -2.63. The van der Waals surface area contributed by atoms with Gasteiger partial charge < -0.3 is 5.32 Å². The molecular formula is C17H11Cl2N5. The van der Waals surface area contributed by atoms with E-state index in [4.69, 9.17) is 23.2 Å². The van der Waals surface area contributed by atoms with Gasteiger partial charge in [0.1, 0.15) is 12.7 Å². The Labute approximate surface area is 147 Å². The first-order valence-corrected chi connectivity index (χ1v) is 7.93. The summed E-state index contributed by atoms with van der Waals surface area (Å²) in [6.45, 7) is 0. The van der Waals surface area contributed by atoms with E-state index in [1.807, 2.05) is 41.0 Å². The Bertz CT molecular complexity index is 1010. The highest BCUT2D eigenvalue weighted by atomic mass is 35.5. The van der Waals surface area contributed by atoms with Crippen LogP contribution in [-0.2, 0) is 0 Å². The van der Waals surface area contributed by atoms with Crippen LogP contribution in [0, 0.1) is 0 Å². The number of hydrogen-bond acceptors (Lipinski definition) is 4. The molecule has 4 rings (SSSR count). The number of rotatable bonds is 3. The maximum atomic E-state index is 6.06. The Morgan fingerprint density at radius 2 is 1.71 bits per heavy atom. The first-order chi connectivity index (χ1) is 11.7. The van der Waals surface area contributed by atoms with Crippen LogP contribution in [0.15, 0.2) is 61.2 Å². The minimum atomic E-state index is 0.474. The summed E-state index contributed by atoms with van der Waals surface area (Å²) in [4.78, 5) is 13.1. The third-order valence-corrected chi connectivity index (χ3v) is 4.29. The van der Waals surface area contributed by atoms with E-state index in [0.717, 1.165) is 17.0 Å². The SMILES string of the molecule is Clc1ccc(Nc2ncnc3c2ncn3-c2ccccc2)cc1Cl. The number of halogens is 2. The van der Waals surface area contributed by atoms with E-state index in [2.05, 4.69) is 20.3 Å². The highest BCUT2D eigenvalue weighted by Crippen LogP contribution is 2.28. The molecule has 0 atom stereocenters. The van der Waals surface area contributed by atoms with E-state index in [1.54, 1.807) is 18.5 Å². The van der Waals surface area contributed by atoms with Crippen molar-refractivity contribution in [3.8, 4) is 5.69 Å². The monoisotopic (exact) mass is 355 g/mol. The first-order valence-electron chi connectivity index (χ1n) is 7.18. The smallest absolute Gasteiger partial charge is 0.170 e. The van der Waals surface area contributed by atoms with Crippen LogP contribution in [-0.4, -0.2) is 19.5 Å². The molecule has 0 aliphatic heterocycles.